The molecule has 2 aromatic rings. The van der Waals surface area contributed by atoms with Gasteiger partial charge in [0, 0.05) is 26.2 Å². The van der Waals surface area contributed by atoms with E-state index in [0.717, 1.165) is 35.8 Å². The van der Waals surface area contributed by atoms with E-state index >= 15 is 0 Å². The zero-order valence-electron chi connectivity index (χ0n) is 12.1. The van der Waals surface area contributed by atoms with Crippen LogP contribution >= 0.6 is 0 Å². The molecule has 3 rings (SSSR count). The zero-order valence-corrected chi connectivity index (χ0v) is 12.1. The van der Waals surface area contributed by atoms with E-state index in [1.54, 1.807) is 0 Å². The van der Waals surface area contributed by atoms with Crippen LogP contribution in [0.15, 0.2) is 24.3 Å². The van der Waals surface area contributed by atoms with E-state index in [0.29, 0.717) is 6.04 Å². The van der Waals surface area contributed by atoms with Crippen LogP contribution in [0, 0.1) is 0 Å². The van der Waals surface area contributed by atoms with Gasteiger partial charge in [0.15, 0.2) is 11.6 Å². The lowest BCUT2D eigenvalue weighted by Crippen LogP contribution is -2.45. The summed E-state index contributed by atoms with van der Waals surface area (Å²) in [6.45, 7) is 2.03. The van der Waals surface area contributed by atoms with Gasteiger partial charge < -0.3 is 15.5 Å². The SMILES string of the molecule is CNc1nc2ccccc2nc1N1CCCC(NC)C1. The van der Waals surface area contributed by atoms with Crippen LogP contribution in [0.2, 0.25) is 0 Å². The molecule has 0 saturated carbocycles. The lowest BCUT2D eigenvalue weighted by molar-refractivity contribution is 0.448. The van der Waals surface area contributed by atoms with Gasteiger partial charge in [0.05, 0.1) is 11.0 Å². The number of anilines is 2. The zero-order chi connectivity index (χ0) is 13.9. The highest BCUT2D eigenvalue weighted by atomic mass is 15.2. The Bertz CT molecular complexity index is 598. The van der Waals surface area contributed by atoms with Crippen molar-refractivity contribution in [3.05, 3.63) is 24.3 Å². The van der Waals surface area contributed by atoms with Gasteiger partial charge in [0.1, 0.15) is 0 Å². The number of nitrogens with one attached hydrogen (secondary N) is 2. The maximum Gasteiger partial charge on any atom is 0.172 e. The summed E-state index contributed by atoms with van der Waals surface area (Å²) in [7, 11) is 3.93. The molecular weight excluding hydrogens is 250 g/mol. The van der Waals surface area contributed by atoms with Crippen LogP contribution in [0.5, 0.6) is 0 Å². The Labute approximate surface area is 119 Å². The van der Waals surface area contributed by atoms with Crippen LogP contribution in [0.1, 0.15) is 12.8 Å². The molecule has 1 aliphatic heterocycles. The Morgan fingerprint density at radius 3 is 2.60 bits per heavy atom. The molecule has 1 aromatic carbocycles. The Morgan fingerprint density at radius 1 is 1.15 bits per heavy atom. The van der Waals surface area contributed by atoms with E-state index in [9.17, 15) is 0 Å². The first-order valence-electron chi connectivity index (χ1n) is 7.18. The number of hydrogen-bond donors (Lipinski definition) is 2. The predicted octanol–water partition coefficient (Wildman–Crippen LogP) is 1.86. The molecule has 1 aliphatic rings. The summed E-state index contributed by atoms with van der Waals surface area (Å²) in [5.41, 5.74) is 1.89. The number of benzene rings is 1. The Kier molecular flexibility index (Phi) is 3.69. The maximum absolute atomic E-state index is 4.81. The molecule has 5 heteroatoms. The predicted molar refractivity (Wildman–Crippen MR) is 83.4 cm³/mol. The minimum absolute atomic E-state index is 0.529. The number of para-hydroxylation sites is 2. The standard InChI is InChI=1S/C15H21N5/c1-16-11-6-5-9-20(10-11)15-14(17-2)18-12-7-3-4-8-13(12)19-15/h3-4,7-8,11,16H,5-6,9-10H2,1-2H3,(H,17,18). The van der Waals surface area contributed by atoms with Crippen molar-refractivity contribution >= 4 is 22.7 Å². The fourth-order valence-electron chi connectivity index (χ4n) is 2.78. The summed E-state index contributed by atoms with van der Waals surface area (Å²) >= 11 is 0. The second-order valence-electron chi connectivity index (χ2n) is 5.21. The monoisotopic (exact) mass is 271 g/mol. The van der Waals surface area contributed by atoms with Crippen molar-refractivity contribution in [3.63, 3.8) is 0 Å². The molecule has 2 N–H and O–H groups in total. The average Bonchev–Trinajstić information content (AvgIpc) is 2.53. The number of nitrogens with zero attached hydrogens (tertiary/aromatic N) is 3. The first kappa shape index (κ1) is 13.1. The van der Waals surface area contributed by atoms with Crippen LogP contribution in [-0.4, -0.2) is 43.2 Å². The van der Waals surface area contributed by atoms with Gasteiger partial charge in [0.2, 0.25) is 0 Å². The highest BCUT2D eigenvalue weighted by molar-refractivity contribution is 5.80. The average molecular weight is 271 g/mol. The molecule has 20 heavy (non-hydrogen) atoms. The summed E-state index contributed by atoms with van der Waals surface area (Å²) in [6, 6.07) is 8.55. The van der Waals surface area contributed by atoms with E-state index in [4.69, 9.17) is 4.98 Å². The molecule has 0 spiro atoms. The Hall–Kier alpha value is -1.88. The quantitative estimate of drug-likeness (QED) is 0.892. The van der Waals surface area contributed by atoms with E-state index in [2.05, 4.69) is 20.5 Å². The highest BCUT2D eigenvalue weighted by Gasteiger charge is 2.22. The van der Waals surface area contributed by atoms with E-state index < -0.39 is 0 Å². The van der Waals surface area contributed by atoms with Crippen molar-refractivity contribution in [2.75, 3.05) is 37.4 Å². The van der Waals surface area contributed by atoms with Gasteiger partial charge >= 0.3 is 0 Å². The van der Waals surface area contributed by atoms with Crippen LogP contribution in [0.4, 0.5) is 11.6 Å². The minimum Gasteiger partial charge on any atom is -0.370 e. The van der Waals surface area contributed by atoms with E-state index in [1.165, 1.54) is 12.8 Å². The smallest absolute Gasteiger partial charge is 0.172 e. The van der Waals surface area contributed by atoms with Crippen molar-refractivity contribution in [1.82, 2.24) is 15.3 Å². The van der Waals surface area contributed by atoms with Gasteiger partial charge in [-0.25, -0.2) is 9.97 Å². The molecule has 0 bridgehead atoms. The molecule has 0 radical (unpaired) electrons. The van der Waals surface area contributed by atoms with Crippen LogP contribution in [0.25, 0.3) is 11.0 Å². The maximum atomic E-state index is 4.81. The third kappa shape index (κ3) is 2.41. The van der Waals surface area contributed by atoms with Gasteiger partial charge in [0.25, 0.3) is 0 Å². The number of rotatable bonds is 3. The van der Waals surface area contributed by atoms with E-state index in [1.807, 2.05) is 38.4 Å². The summed E-state index contributed by atoms with van der Waals surface area (Å²) < 4.78 is 0. The van der Waals surface area contributed by atoms with Crippen LogP contribution in [0.3, 0.4) is 0 Å². The third-order valence-corrected chi connectivity index (χ3v) is 3.92. The summed E-state index contributed by atoms with van der Waals surface area (Å²) in [5.74, 6) is 1.83. The van der Waals surface area contributed by atoms with Crippen LogP contribution in [-0.2, 0) is 0 Å². The summed E-state index contributed by atoms with van der Waals surface area (Å²) in [5, 5.41) is 6.55. The van der Waals surface area contributed by atoms with Crippen LogP contribution < -0.4 is 15.5 Å². The first-order valence-corrected chi connectivity index (χ1v) is 7.18. The lowest BCUT2D eigenvalue weighted by Gasteiger charge is -2.34. The van der Waals surface area contributed by atoms with Gasteiger partial charge in [-0.3, -0.25) is 0 Å². The van der Waals surface area contributed by atoms with Crippen molar-refractivity contribution in [1.29, 1.82) is 0 Å². The highest BCUT2D eigenvalue weighted by Crippen LogP contribution is 2.27. The number of likely N-dealkylation sites (N-methyl/N-ethyl adjacent to an activating group) is 1. The van der Waals surface area contributed by atoms with Gasteiger partial charge in [-0.05, 0) is 32.0 Å². The van der Waals surface area contributed by atoms with Gasteiger partial charge in [-0.1, -0.05) is 12.1 Å². The molecule has 1 atom stereocenters. The molecule has 1 fully saturated rings. The van der Waals surface area contributed by atoms with Crippen molar-refractivity contribution in [2.24, 2.45) is 0 Å². The normalized spacial score (nSPS) is 19.3. The second-order valence-corrected chi connectivity index (χ2v) is 5.21. The molecule has 1 aromatic heterocycles. The number of aromatic nitrogens is 2. The minimum atomic E-state index is 0.529. The summed E-state index contributed by atoms with van der Waals surface area (Å²) in [4.78, 5) is 11.8. The van der Waals surface area contributed by atoms with Gasteiger partial charge in [-0.2, -0.15) is 0 Å². The molecule has 0 aliphatic carbocycles. The molecular formula is C15H21N5. The lowest BCUT2D eigenvalue weighted by atomic mass is 10.1. The van der Waals surface area contributed by atoms with Crippen molar-refractivity contribution in [2.45, 2.75) is 18.9 Å². The fourth-order valence-corrected chi connectivity index (χ4v) is 2.78. The largest absolute Gasteiger partial charge is 0.370 e. The second kappa shape index (κ2) is 5.63. The van der Waals surface area contributed by atoms with E-state index in [-0.39, 0.29) is 0 Å². The molecule has 1 saturated heterocycles. The molecule has 5 nitrogen and oxygen atoms in total. The number of hydrogen-bond acceptors (Lipinski definition) is 5. The third-order valence-electron chi connectivity index (χ3n) is 3.92. The Morgan fingerprint density at radius 2 is 1.90 bits per heavy atom. The number of fused-ring (bicyclic) bond motifs is 1. The fraction of sp³-hybridized carbons (Fsp3) is 0.467. The molecule has 2 heterocycles. The molecule has 106 valence electrons. The molecule has 0 amide bonds. The Balaban J connectivity index is 2.00. The van der Waals surface area contributed by atoms with Crippen molar-refractivity contribution in [3.8, 4) is 0 Å². The summed E-state index contributed by atoms with van der Waals surface area (Å²) in [6.07, 6.45) is 2.41. The number of piperidine rings is 1. The van der Waals surface area contributed by atoms with Gasteiger partial charge in [-0.15, -0.1) is 0 Å². The van der Waals surface area contributed by atoms with Crippen molar-refractivity contribution < 1.29 is 0 Å². The molecule has 1 unspecified atom stereocenters. The topological polar surface area (TPSA) is 53.1 Å². The first-order chi connectivity index (χ1) is 9.81.